The van der Waals surface area contributed by atoms with Crippen LogP contribution in [0, 0.1) is 6.92 Å². The van der Waals surface area contributed by atoms with Gasteiger partial charge in [0.25, 0.3) is 0 Å². The standard InChI is InChI=1S/C12H15N/c1-5-6-7-11-10(4)8-12(13-11)9(2)3/h5-8,13H,1-2H2,3-4H3/b7-6-. The van der Waals surface area contributed by atoms with E-state index in [9.17, 15) is 0 Å². The molecule has 0 atom stereocenters. The van der Waals surface area contributed by atoms with Gasteiger partial charge in [-0.05, 0) is 37.1 Å². The minimum Gasteiger partial charge on any atom is -0.355 e. The Morgan fingerprint density at radius 2 is 2.23 bits per heavy atom. The first kappa shape index (κ1) is 9.59. The van der Waals surface area contributed by atoms with Gasteiger partial charge in [-0.15, -0.1) is 0 Å². The molecule has 0 aliphatic heterocycles. The van der Waals surface area contributed by atoms with Crippen LogP contribution in [0.25, 0.3) is 11.6 Å². The lowest BCUT2D eigenvalue weighted by Gasteiger charge is -1.91. The van der Waals surface area contributed by atoms with Crippen LogP contribution in [0.1, 0.15) is 23.9 Å². The van der Waals surface area contributed by atoms with Gasteiger partial charge in [-0.25, -0.2) is 0 Å². The van der Waals surface area contributed by atoms with E-state index >= 15 is 0 Å². The van der Waals surface area contributed by atoms with Crippen molar-refractivity contribution in [2.75, 3.05) is 0 Å². The summed E-state index contributed by atoms with van der Waals surface area (Å²) in [6.45, 7) is 11.6. The van der Waals surface area contributed by atoms with Gasteiger partial charge in [-0.1, -0.05) is 25.3 Å². The summed E-state index contributed by atoms with van der Waals surface area (Å²) in [5.74, 6) is 0. The number of rotatable bonds is 3. The molecule has 0 aromatic carbocycles. The Balaban J connectivity index is 3.02. The second-order valence-corrected chi connectivity index (χ2v) is 3.15. The van der Waals surface area contributed by atoms with Gasteiger partial charge >= 0.3 is 0 Å². The molecule has 1 nitrogen and oxygen atoms in total. The molecule has 0 fully saturated rings. The van der Waals surface area contributed by atoms with Crippen molar-refractivity contribution in [1.29, 1.82) is 0 Å². The van der Waals surface area contributed by atoms with Crippen LogP contribution in [0.2, 0.25) is 0 Å². The van der Waals surface area contributed by atoms with Crippen LogP contribution in [-0.4, -0.2) is 4.98 Å². The maximum atomic E-state index is 3.88. The normalized spacial score (nSPS) is 10.6. The molecule has 0 bridgehead atoms. The predicted molar refractivity (Wildman–Crippen MR) is 59.5 cm³/mol. The molecule has 0 radical (unpaired) electrons. The van der Waals surface area contributed by atoms with Gasteiger partial charge in [0.1, 0.15) is 0 Å². The first-order valence-corrected chi connectivity index (χ1v) is 4.29. The van der Waals surface area contributed by atoms with Crippen LogP contribution < -0.4 is 0 Å². The molecule has 1 heterocycles. The highest BCUT2D eigenvalue weighted by atomic mass is 14.7. The molecular formula is C12H15N. The first-order chi connectivity index (χ1) is 6.15. The minimum absolute atomic E-state index is 1.06. The third-order valence-electron chi connectivity index (χ3n) is 1.91. The monoisotopic (exact) mass is 173 g/mol. The number of H-pyrrole nitrogens is 1. The molecule has 0 aliphatic carbocycles. The van der Waals surface area contributed by atoms with Crippen molar-refractivity contribution >= 4 is 11.6 Å². The Hall–Kier alpha value is -1.50. The van der Waals surface area contributed by atoms with Crippen molar-refractivity contribution < 1.29 is 0 Å². The fourth-order valence-electron chi connectivity index (χ4n) is 1.14. The molecule has 0 spiro atoms. The van der Waals surface area contributed by atoms with Crippen molar-refractivity contribution in [3.05, 3.63) is 48.3 Å². The lowest BCUT2D eigenvalue weighted by molar-refractivity contribution is 1.30. The Kier molecular flexibility index (Phi) is 2.91. The Bertz CT molecular complexity index is 353. The van der Waals surface area contributed by atoms with E-state index in [1.807, 2.05) is 19.1 Å². The molecule has 68 valence electrons. The highest BCUT2D eigenvalue weighted by molar-refractivity contribution is 5.63. The number of aromatic nitrogens is 1. The van der Waals surface area contributed by atoms with Crippen LogP contribution in [0.5, 0.6) is 0 Å². The third-order valence-corrected chi connectivity index (χ3v) is 1.91. The van der Waals surface area contributed by atoms with E-state index in [2.05, 4.69) is 31.1 Å². The molecule has 1 N–H and O–H groups in total. The Morgan fingerprint density at radius 3 is 2.69 bits per heavy atom. The second kappa shape index (κ2) is 3.94. The summed E-state index contributed by atoms with van der Waals surface area (Å²) in [6, 6.07) is 2.10. The van der Waals surface area contributed by atoms with Gasteiger partial charge in [-0.2, -0.15) is 0 Å². The number of hydrogen-bond acceptors (Lipinski definition) is 0. The van der Waals surface area contributed by atoms with E-state index in [4.69, 9.17) is 0 Å². The van der Waals surface area contributed by atoms with Crippen molar-refractivity contribution in [1.82, 2.24) is 4.98 Å². The average Bonchev–Trinajstić information content (AvgIpc) is 2.44. The maximum Gasteiger partial charge on any atom is 0.0414 e. The molecular weight excluding hydrogens is 158 g/mol. The number of allylic oxidation sites excluding steroid dienone is 3. The second-order valence-electron chi connectivity index (χ2n) is 3.15. The molecule has 1 rings (SSSR count). The molecule has 0 saturated heterocycles. The van der Waals surface area contributed by atoms with Crippen molar-refractivity contribution in [2.45, 2.75) is 13.8 Å². The predicted octanol–water partition coefficient (Wildman–Crippen LogP) is 3.56. The number of aryl methyl sites for hydroxylation is 1. The maximum absolute atomic E-state index is 3.88. The summed E-state index contributed by atoms with van der Waals surface area (Å²) in [5, 5.41) is 0. The minimum atomic E-state index is 1.06. The summed E-state index contributed by atoms with van der Waals surface area (Å²) in [7, 11) is 0. The van der Waals surface area contributed by atoms with Gasteiger partial charge in [0.05, 0.1) is 0 Å². The van der Waals surface area contributed by atoms with Gasteiger partial charge in [0.2, 0.25) is 0 Å². The third kappa shape index (κ3) is 2.22. The van der Waals surface area contributed by atoms with Crippen molar-refractivity contribution in [3.63, 3.8) is 0 Å². The molecule has 0 amide bonds. The number of aromatic amines is 1. The SMILES string of the molecule is C=C/C=C\c1[nH]c(C(=C)C)cc1C. The molecule has 0 saturated carbocycles. The lowest BCUT2D eigenvalue weighted by Crippen LogP contribution is -1.77. The Morgan fingerprint density at radius 1 is 1.54 bits per heavy atom. The van der Waals surface area contributed by atoms with E-state index in [1.165, 1.54) is 5.56 Å². The van der Waals surface area contributed by atoms with E-state index in [0.717, 1.165) is 17.0 Å². The van der Waals surface area contributed by atoms with Crippen LogP contribution in [0.15, 0.2) is 31.4 Å². The number of hydrogen-bond donors (Lipinski definition) is 1. The highest BCUT2D eigenvalue weighted by Gasteiger charge is 2.00. The zero-order valence-electron chi connectivity index (χ0n) is 8.22. The molecule has 13 heavy (non-hydrogen) atoms. The van der Waals surface area contributed by atoms with Crippen LogP contribution in [-0.2, 0) is 0 Å². The molecule has 1 aromatic heterocycles. The topological polar surface area (TPSA) is 15.8 Å². The fourth-order valence-corrected chi connectivity index (χ4v) is 1.14. The quantitative estimate of drug-likeness (QED) is 0.673. The average molecular weight is 173 g/mol. The van der Waals surface area contributed by atoms with Crippen LogP contribution in [0.4, 0.5) is 0 Å². The van der Waals surface area contributed by atoms with Gasteiger partial charge in [0.15, 0.2) is 0 Å². The summed E-state index contributed by atoms with van der Waals surface area (Å²) < 4.78 is 0. The van der Waals surface area contributed by atoms with Gasteiger partial charge in [0, 0.05) is 11.4 Å². The van der Waals surface area contributed by atoms with Crippen molar-refractivity contribution in [3.8, 4) is 0 Å². The lowest BCUT2D eigenvalue weighted by atomic mass is 10.2. The van der Waals surface area contributed by atoms with Gasteiger partial charge < -0.3 is 4.98 Å². The van der Waals surface area contributed by atoms with E-state index in [1.54, 1.807) is 6.08 Å². The molecule has 1 heteroatoms. The Labute approximate surface area is 79.5 Å². The number of nitrogens with one attached hydrogen (secondary N) is 1. The first-order valence-electron chi connectivity index (χ1n) is 4.29. The molecule has 0 aliphatic rings. The van der Waals surface area contributed by atoms with Crippen molar-refractivity contribution in [2.24, 2.45) is 0 Å². The zero-order chi connectivity index (χ0) is 9.84. The van der Waals surface area contributed by atoms with Crippen LogP contribution >= 0.6 is 0 Å². The fraction of sp³-hybridized carbons (Fsp3) is 0.167. The van der Waals surface area contributed by atoms with E-state index in [0.29, 0.717) is 0 Å². The van der Waals surface area contributed by atoms with Gasteiger partial charge in [-0.3, -0.25) is 0 Å². The summed E-state index contributed by atoms with van der Waals surface area (Å²) >= 11 is 0. The summed E-state index contributed by atoms with van der Waals surface area (Å²) in [6.07, 6.45) is 5.69. The zero-order valence-corrected chi connectivity index (χ0v) is 8.22. The van der Waals surface area contributed by atoms with Crippen LogP contribution in [0.3, 0.4) is 0 Å². The van der Waals surface area contributed by atoms with E-state index in [-0.39, 0.29) is 0 Å². The summed E-state index contributed by atoms with van der Waals surface area (Å²) in [4.78, 5) is 3.28. The molecule has 1 aromatic rings. The van der Waals surface area contributed by atoms with E-state index < -0.39 is 0 Å². The summed E-state index contributed by atoms with van der Waals surface area (Å²) in [5.41, 5.74) is 4.51. The highest BCUT2D eigenvalue weighted by Crippen LogP contribution is 2.16. The molecule has 0 unspecified atom stereocenters. The largest absolute Gasteiger partial charge is 0.355 e. The smallest absolute Gasteiger partial charge is 0.0414 e.